The van der Waals surface area contributed by atoms with Crippen LogP contribution in [0.5, 0.6) is 0 Å². The molecule has 1 saturated carbocycles. The van der Waals surface area contributed by atoms with Gasteiger partial charge in [0.1, 0.15) is 0 Å². The zero-order valence-corrected chi connectivity index (χ0v) is 5.64. The maximum atomic E-state index is 5.44. The quantitative estimate of drug-likeness (QED) is 0.576. The highest BCUT2D eigenvalue weighted by atomic mass is 14.9. The molecule has 0 bridgehead atoms. The first kappa shape index (κ1) is 6.62. The van der Waals surface area contributed by atoms with Crippen molar-refractivity contribution in [3.05, 3.63) is 12.8 Å². The van der Waals surface area contributed by atoms with E-state index in [-0.39, 0.29) is 0 Å². The van der Waals surface area contributed by atoms with Crippen LogP contribution in [0.25, 0.3) is 0 Å². The number of nitrogens with two attached hydrogens (primary N) is 1. The molecule has 1 aliphatic rings. The van der Waals surface area contributed by atoms with Crippen molar-refractivity contribution in [2.45, 2.75) is 18.9 Å². The zero-order chi connectivity index (χ0) is 6.69. The number of hydrogen-bond donors (Lipinski definition) is 2. The third-order valence-corrected chi connectivity index (χ3v) is 1.92. The summed E-state index contributed by atoms with van der Waals surface area (Å²) in [7, 11) is 0. The number of hydrogen-bond acceptors (Lipinski definition) is 2. The zero-order valence-electron chi connectivity index (χ0n) is 5.64. The van der Waals surface area contributed by atoms with Crippen molar-refractivity contribution >= 4 is 0 Å². The van der Waals surface area contributed by atoms with Crippen LogP contribution in [-0.4, -0.2) is 12.6 Å². The van der Waals surface area contributed by atoms with E-state index < -0.39 is 0 Å². The first-order valence-corrected chi connectivity index (χ1v) is 3.44. The smallest absolute Gasteiger partial charge is 0.0261 e. The molecule has 0 radical (unpaired) electrons. The van der Waals surface area contributed by atoms with Gasteiger partial charge in [0.25, 0.3) is 0 Å². The van der Waals surface area contributed by atoms with E-state index in [4.69, 9.17) is 5.73 Å². The molecule has 52 valence electrons. The highest BCUT2D eigenvalue weighted by molar-refractivity contribution is 4.88. The van der Waals surface area contributed by atoms with E-state index >= 15 is 0 Å². The summed E-state index contributed by atoms with van der Waals surface area (Å²) in [6, 6.07) is 0.663. The highest BCUT2D eigenvalue weighted by Crippen LogP contribution is 2.25. The van der Waals surface area contributed by atoms with E-state index in [1.165, 1.54) is 12.8 Å². The Morgan fingerprint density at radius 1 is 1.67 bits per heavy atom. The van der Waals surface area contributed by atoms with E-state index in [9.17, 15) is 0 Å². The van der Waals surface area contributed by atoms with Crippen LogP contribution in [0.4, 0.5) is 0 Å². The van der Waals surface area contributed by atoms with E-state index in [0.29, 0.717) is 6.04 Å². The fourth-order valence-electron chi connectivity index (χ4n) is 1.23. The first-order valence-electron chi connectivity index (χ1n) is 3.44. The predicted octanol–water partition coefficient (Wildman–Crippen LogP) is 0.457. The molecule has 0 atom stereocenters. The maximum Gasteiger partial charge on any atom is 0.0261 e. The van der Waals surface area contributed by atoms with Crippen LogP contribution in [0.3, 0.4) is 0 Å². The summed E-state index contributed by atoms with van der Waals surface area (Å²) in [5.74, 6) is 0.766. The third-order valence-electron chi connectivity index (χ3n) is 1.92. The van der Waals surface area contributed by atoms with Crippen molar-refractivity contribution in [2.24, 2.45) is 11.7 Å². The summed E-state index contributed by atoms with van der Waals surface area (Å²) in [6.45, 7) is 4.43. The molecule has 0 unspecified atom stereocenters. The van der Waals surface area contributed by atoms with Crippen molar-refractivity contribution in [3.63, 3.8) is 0 Å². The van der Waals surface area contributed by atoms with Gasteiger partial charge < -0.3 is 11.1 Å². The lowest BCUT2D eigenvalue weighted by molar-refractivity contribution is 0.247. The van der Waals surface area contributed by atoms with Crippen LogP contribution in [-0.2, 0) is 0 Å². The normalized spacial score (nSPS) is 33.0. The minimum atomic E-state index is 0.663. The first-order chi connectivity index (χ1) is 4.36. The van der Waals surface area contributed by atoms with E-state index in [2.05, 4.69) is 11.9 Å². The second-order valence-corrected chi connectivity index (χ2v) is 2.64. The Morgan fingerprint density at radius 3 is 2.78 bits per heavy atom. The average Bonchev–Trinajstić information content (AvgIpc) is 1.77. The van der Waals surface area contributed by atoms with Gasteiger partial charge in [0.15, 0.2) is 0 Å². The fourth-order valence-corrected chi connectivity index (χ4v) is 1.23. The topological polar surface area (TPSA) is 38.0 Å². The Labute approximate surface area is 56.1 Å². The van der Waals surface area contributed by atoms with Gasteiger partial charge in [0, 0.05) is 6.04 Å². The second kappa shape index (κ2) is 2.87. The predicted molar refractivity (Wildman–Crippen MR) is 38.9 cm³/mol. The van der Waals surface area contributed by atoms with Crippen LogP contribution in [0.2, 0.25) is 0 Å². The summed E-state index contributed by atoms with van der Waals surface area (Å²) in [5, 5.41) is 3.15. The number of rotatable bonds is 3. The van der Waals surface area contributed by atoms with Crippen molar-refractivity contribution in [2.75, 3.05) is 6.54 Å². The third kappa shape index (κ3) is 1.45. The lowest BCUT2D eigenvalue weighted by Gasteiger charge is -2.34. The molecule has 9 heavy (non-hydrogen) atoms. The molecule has 0 heterocycles. The SMILES string of the molecule is C=CN[C@H]1C[C@H](CN)C1. The summed E-state index contributed by atoms with van der Waals surface area (Å²) in [4.78, 5) is 0. The molecular weight excluding hydrogens is 112 g/mol. The molecule has 0 aromatic carbocycles. The van der Waals surface area contributed by atoms with E-state index in [1.807, 2.05) is 0 Å². The Bertz CT molecular complexity index is 95.1. The van der Waals surface area contributed by atoms with Crippen molar-refractivity contribution in [1.82, 2.24) is 5.32 Å². The highest BCUT2D eigenvalue weighted by Gasteiger charge is 2.26. The summed E-state index contributed by atoms with van der Waals surface area (Å²) >= 11 is 0. The number of nitrogens with one attached hydrogen (secondary N) is 1. The van der Waals surface area contributed by atoms with Gasteiger partial charge in [-0.15, -0.1) is 0 Å². The lowest BCUT2D eigenvalue weighted by Crippen LogP contribution is -2.41. The largest absolute Gasteiger partial charge is 0.389 e. The van der Waals surface area contributed by atoms with Gasteiger partial charge in [-0.3, -0.25) is 0 Å². The molecule has 1 aliphatic carbocycles. The monoisotopic (exact) mass is 126 g/mol. The molecule has 0 saturated heterocycles. The Hall–Kier alpha value is -0.500. The van der Waals surface area contributed by atoms with E-state index in [0.717, 1.165) is 12.5 Å². The molecule has 0 amide bonds. The summed E-state index contributed by atoms with van der Waals surface area (Å²) in [6.07, 6.45) is 4.21. The molecule has 0 spiro atoms. The van der Waals surface area contributed by atoms with Gasteiger partial charge in [-0.05, 0) is 31.5 Å². The minimum Gasteiger partial charge on any atom is -0.389 e. The standard InChI is InChI=1S/C7H14N2/c1-2-9-7-3-6(4-7)5-8/h2,6-7,9H,1,3-5,8H2/t6-,7-. The molecule has 0 aromatic rings. The van der Waals surface area contributed by atoms with Crippen LogP contribution in [0, 0.1) is 5.92 Å². The van der Waals surface area contributed by atoms with Crippen LogP contribution in [0.15, 0.2) is 12.8 Å². The van der Waals surface area contributed by atoms with Crippen LogP contribution in [0.1, 0.15) is 12.8 Å². The molecule has 1 fully saturated rings. The second-order valence-electron chi connectivity index (χ2n) is 2.64. The molecule has 1 rings (SSSR count). The fraction of sp³-hybridized carbons (Fsp3) is 0.714. The molecule has 3 N–H and O–H groups in total. The Balaban J connectivity index is 2.04. The van der Waals surface area contributed by atoms with Crippen molar-refractivity contribution in [3.8, 4) is 0 Å². The Kier molecular flexibility index (Phi) is 2.11. The molecule has 2 nitrogen and oxygen atoms in total. The van der Waals surface area contributed by atoms with Gasteiger partial charge in [-0.2, -0.15) is 0 Å². The van der Waals surface area contributed by atoms with Gasteiger partial charge in [0.05, 0.1) is 0 Å². The van der Waals surface area contributed by atoms with Crippen molar-refractivity contribution in [1.29, 1.82) is 0 Å². The molecular formula is C7H14N2. The van der Waals surface area contributed by atoms with Gasteiger partial charge in [0.2, 0.25) is 0 Å². The van der Waals surface area contributed by atoms with Gasteiger partial charge in [-0.25, -0.2) is 0 Å². The lowest BCUT2D eigenvalue weighted by atomic mass is 9.80. The van der Waals surface area contributed by atoms with Crippen LogP contribution >= 0.6 is 0 Å². The molecule has 0 aliphatic heterocycles. The average molecular weight is 126 g/mol. The summed E-state index contributed by atoms with van der Waals surface area (Å²) in [5.41, 5.74) is 5.44. The molecule has 0 aromatic heterocycles. The maximum absolute atomic E-state index is 5.44. The van der Waals surface area contributed by atoms with Crippen molar-refractivity contribution < 1.29 is 0 Å². The minimum absolute atomic E-state index is 0.663. The van der Waals surface area contributed by atoms with Crippen LogP contribution < -0.4 is 11.1 Å². The van der Waals surface area contributed by atoms with Gasteiger partial charge >= 0.3 is 0 Å². The molecule has 2 heteroatoms. The summed E-state index contributed by atoms with van der Waals surface area (Å²) < 4.78 is 0. The van der Waals surface area contributed by atoms with E-state index in [1.54, 1.807) is 6.20 Å². The Morgan fingerprint density at radius 2 is 2.33 bits per heavy atom. The van der Waals surface area contributed by atoms with Gasteiger partial charge in [-0.1, -0.05) is 6.58 Å².